The van der Waals surface area contributed by atoms with Crippen molar-refractivity contribution in [2.45, 2.75) is 53.0 Å². The van der Waals surface area contributed by atoms with Gasteiger partial charge in [0.2, 0.25) is 0 Å². The molecule has 1 N–H and O–H groups in total. The molecule has 0 amide bonds. The van der Waals surface area contributed by atoms with E-state index in [1.807, 2.05) is 11.3 Å². The summed E-state index contributed by atoms with van der Waals surface area (Å²) >= 11 is 1.82. The van der Waals surface area contributed by atoms with E-state index >= 15 is 0 Å². The number of aryl methyl sites for hydroxylation is 1. The van der Waals surface area contributed by atoms with Crippen LogP contribution in [0, 0.1) is 6.92 Å². The van der Waals surface area contributed by atoms with Crippen LogP contribution >= 0.6 is 11.3 Å². The number of rotatable bonds is 6. The van der Waals surface area contributed by atoms with Gasteiger partial charge in [-0.2, -0.15) is 0 Å². The van der Waals surface area contributed by atoms with Gasteiger partial charge in [0.15, 0.2) is 0 Å². The Hall–Kier alpha value is -1.16. The third kappa shape index (κ3) is 5.62. The van der Waals surface area contributed by atoms with Gasteiger partial charge >= 0.3 is 0 Å². The van der Waals surface area contributed by atoms with Gasteiger partial charge in [-0.25, -0.2) is 0 Å². The summed E-state index contributed by atoms with van der Waals surface area (Å²) in [6, 6.07) is 10.8. The van der Waals surface area contributed by atoms with E-state index in [1.165, 1.54) is 21.6 Å². The lowest BCUT2D eigenvalue weighted by Crippen LogP contribution is -2.18. The molecule has 0 aliphatic rings. The maximum Gasteiger partial charge on any atom is 0.0724 e. The summed E-state index contributed by atoms with van der Waals surface area (Å²) < 4.78 is 5.83. The fourth-order valence-electron chi connectivity index (χ4n) is 2.03. The van der Waals surface area contributed by atoms with Gasteiger partial charge in [-0.05, 0) is 55.8 Å². The summed E-state index contributed by atoms with van der Waals surface area (Å²) in [4.78, 5) is 1.42. The first-order valence-corrected chi connectivity index (χ1v) is 8.27. The van der Waals surface area contributed by atoms with E-state index < -0.39 is 0 Å². The van der Waals surface area contributed by atoms with Crippen molar-refractivity contribution >= 4 is 11.3 Å². The van der Waals surface area contributed by atoms with E-state index in [0.29, 0.717) is 6.61 Å². The number of hydrogen-bond acceptors (Lipinski definition) is 3. The Morgan fingerprint density at radius 2 is 1.86 bits per heavy atom. The van der Waals surface area contributed by atoms with Crippen LogP contribution in [0.1, 0.15) is 42.3 Å². The number of thiophene rings is 1. The van der Waals surface area contributed by atoms with Crippen molar-refractivity contribution in [3.8, 4) is 0 Å². The Morgan fingerprint density at radius 1 is 1.10 bits per heavy atom. The van der Waals surface area contributed by atoms with Crippen molar-refractivity contribution in [2.24, 2.45) is 0 Å². The average Bonchev–Trinajstić information content (AvgIpc) is 2.82. The molecular weight excluding hydrogens is 278 g/mol. The molecule has 0 atom stereocenters. The summed E-state index contributed by atoms with van der Waals surface area (Å²) in [5, 5.41) is 5.66. The monoisotopic (exact) mass is 303 g/mol. The number of ether oxygens (including phenoxy) is 1. The highest BCUT2D eigenvalue weighted by Crippen LogP contribution is 2.16. The van der Waals surface area contributed by atoms with Gasteiger partial charge in [-0.15, -0.1) is 11.3 Å². The molecule has 2 rings (SSSR count). The topological polar surface area (TPSA) is 21.3 Å². The molecule has 0 radical (unpaired) electrons. The van der Waals surface area contributed by atoms with Crippen molar-refractivity contribution in [2.75, 3.05) is 0 Å². The molecule has 1 aromatic carbocycles. The predicted octanol–water partition coefficient (Wildman–Crippen LogP) is 4.66. The molecule has 0 unspecified atom stereocenters. The van der Waals surface area contributed by atoms with Crippen LogP contribution in [0.15, 0.2) is 35.7 Å². The second kappa shape index (κ2) is 7.21. The number of benzene rings is 1. The highest BCUT2D eigenvalue weighted by Gasteiger charge is 2.10. The lowest BCUT2D eigenvalue weighted by molar-refractivity contribution is -0.0149. The fourth-order valence-corrected chi connectivity index (χ4v) is 2.91. The summed E-state index contributed by atoms with van der Waals surface area (Å²) in [6.07, 6.45) is 0. The second-order valence-corrected chi connectivity index (χ2v) is 7.35. The maximum absolute atomic E-state index is 5.83. The highest BCUT2D eigenvalue weighted by atomic mass is 32.1. The van der Waals surface area contributed by atoms with Gasteiger partial charge in [0.25, 0.3) is 0 Å². The first-order valence-electron chi connectivity index (χ1n) is 7.39. The molecule has 2 aromatic rings. The molecule has 0 bridgehead atoms. The van der Waals surface area contributed by atoms with Crippen LogP contribution in [0.4, 0.5) is 0 Å². The van der Waals surface area contributed by atoms with Crippen molar-refractivity contribution < 1.29 is 4.74 Å². The van der Waals surface area contributed by atoms with Crippen LogP contribution in [0.2, 0.25) is 0 Å². The third-order valence-electron chi connectivity index (χ3n) is 3.25. The first-order chi connectivity index (χ1) is 9.94. The smallest absolute Gasteiger partial charge is 0.0724 e. The van der Waals surface area contributed by atoms with E-state index in [9.17, 15) is 0 Å². The number of nitrogens with one attached hydrogen (secondary N) is 1. The molecule has 21 heavy (non-hydrogen) atoms. The predicted molar refractivity (Wildman–Crippen MR) is 90.6 cm³/mol. The minimum absolute atomic E-state index is 0.0923. The minimum Gasteiger partial charge on any atom is -0.371 e. The zero-order valence-corrected chi connectivity index (χ0v) is 14.2. The summed E-state index contributed by atoms with van der Waals surface area (Å²) in [5.41, 5.74) is 3.82. The Morgan fingerprint density at radius 3 is 2.52 bits per heavy atom. The Bertz CT molecular complexity index is 569. The van der Waals surface area contributed by atoms with E-state index in [4.69, 9.17) is 4.74 Å². The SMILES string of the molecule is Cc1ccsc1CNCc1cccc(COC(C)(C)C)c1. The molecule has 1 aromatic heterocycles. The van der Waals surface area contributed by atoms with Gasteiger partial charge in [0.1, 0.15) is 0 Å². The van der Waals surface area contributed by atoms with Crippen LogP contribution in [0.3, 0.4) is 0 Å². The zero-order valence-electron chi connectivity index (χ0n) is 13.4. The Labute approximate surface area is 132 Å². The first kappa shape index (κ1) is 16.2. The normalized spacial score (nSPS) is 11.8. The van der Waals surface area contributed by atoms with E-state index in [2.05, 4.69) is 68.7 Å². The molecule has 0 saturated heterocycles. The number of hydrogen-bond donors (Lipinski definition) is 1. The average molecular weight is 303 g/mol. The zero-order chi connectivity index (χ0) is 15.3. The molecule has 0 aliphatic carbocycles. The van der Waals surface area contributed by atoms with E-state index in [1.54, 1.807) is 0 Å². The molecular formula is C18H25NOS. The van der Waals surface area contributed by atoms with Gasteiger partial charge < -0.3 is 10.1 Å². The fraction of sp³-hybridized carbons (Fsp3) is 0.444. The van der Waals surface area contributed by atoms with Crippen LogP contribution in [-0.4, -0.2) is 5.60 Å². The van der Waals surface area contributed by atoms with Crippen molar-refractivity contribution in [3.63, 3.8) is 0 Å². The minimum atomic E-state index is -0.0923. The third-order valence-corrected chi connectivity index (χ3v) is 4.27. The molecule has 114 valence electrons. The summed E-state index contributed by atoms with van der Waals surface area (Å²) in [7, 11) is 0. The Kier molecular flexibility index (Phi) is 5.57. The van der Waals surface area contributed by atoms with Gasteiger partial charge in [0.05, 0.1) is 12.2 Å². The van der Waals surface area contributed by atoms with Gasteiger partial charge in [0, 0.05) is 18.0 Å². The molecule has 0 spiro atoms. The summed E-state index contributed by atoms with van der Waals surface area (Å²) in [6.45, 7) is 10.9. The molecule has 0 saturated carbocycles. The Balaban J connectivity index is 1.85. The molecule has 1 heterocycles. The lowest BCUT2D eigenvalue weighted by atomic mass is 10.1. The summed E-state index contributed by atoms with van der Waals surface area (Å²) in [5.74, 6) is 0. The van der Waals surface area contributed by atoms with E-state index in [-0.39, 0.29) is 5.60 Å². The van der Waals surface area contributed by atoms with Crippen LogP contribution in [-0.2, 0) is 24.4 Å². The van der Waals surface area contributed by atoms with E-state index in [0.717, 1.165) is 13.1 Å². The molecule has 2 nitrogen and oxygen atoms in total. The van der Waals surface area contributed by atoms with Gasteiger partial charge in [-0.1, -0.05) is 24.3 Å². The van der Waals surface area contributed by atoms with Crippen LogP contribution in [0.5, 0.6) is 0 Å². The van der Waals surface area contributed by atoms with Crippen molar-refractivity contribution in [1.82, 2.24) is 5.32 Å². The molecule has 0 fully saturated rings. The molecule has 0 aliphatic heterocycles. The highest BCUT2D eigenvalue weighted by molar-refractivity contribution is 7.10. The van der Waals surface area contributed by atoms with Crippen molar-refractivity contribution in [3.05, 3.63) is 57.3 Å². The second-order valence-electron chi connectivity index (χ2n) is 6.35. The molecule has 3 heteroatoms. The van der Waals surface area contributed by atoms with Crippen LogP contribution in [0.25, 0.3) is 0 Å². The lowest BCUT2D eigenvalue weighted by Gasteiger charge is -2.19. The maximum atomic E-state index is 5.83. The van der Waals surface area contributed by atoms with Gasteiger partial charge in [-0.3, -0.25) is 0 Å². The largest absolute Gasteiger partial charge is 0.371 e. The standard InChI is InChI=1S/C18H25NOS/c1-14-8-9-21-17(14)12-19-11-15-6-5-7-16(10-15)13-20-18(2,3)4/h5-10,19H,11-13H2,1-4H3. The quantitative estimate of drug-likeness (QED) is 0.838. The van der Waals surface area contributed by atoms with Crippen molar-refractivity contribution in [1.29, 1.82) is 0 Å². The van der Waals surface area contributed by atoms with Crippen LogP contribution < -0.4 is 5.32 Å².